The molecule has 0 saturated heterocycles. The van der Waals surface area contributed by atoms with Crippen molar-refractivity contribution in [1.82, 2.24) is 15.3 Å². The summed E-state index contributed by atoms with van der Waals surface area (Å²) < 4.78 is 0. The van der Waals surface area contributed by atoms with Gasteiger partial charge in [-0.3, -0.25) is 9.98 Å². The number of rotatable bonds is 5. The van der Waals surface area contributed by atoms with Gasteiger partial charge in [-0.05, 0) is 31.5 Å². The zero-order valence-corrected chi connectivity index (χ0v) is 11.8. The van der Waals surface area contributed by atoms with Gasteiger partial charge in [-0.2, -0.15) is 0 Å². The minimum atomic E-state index is 0.573. The molecule has 0 fully saturated rings. The van der Waals surface area contributed by atoms with Gasteiger partial charge in [0.1, 0.15) is 5.69 Å². The highest BCUT2D eigenvalue weighted by atomic mass is 14.9. The molecule has 1 heterocycles. The Balaban J connectivity index is 2.10. The molecule has 20 heavy (non-hydrogen) atoms. The van der Waals surface area contributed by atoms with Crippen molar-refractivity contribution >= 4 is 16.7 Å². The molecule has 0 aliphatic heterocycles. The summed E-state index contributed by atoms with van der Waals surface area (Å²) in [6.07, 6.45) is 6.93. The standard InChI is InChI=1S/C16H18N4/c1-4-7-17-8-9-18-13(3)16-11-19-15-10-12(2)5-6-14(15)20-16/h1,5-6,10-11,17H,7-9H2,2-3H3. The van der Waals surface area contributed by atoms with Crippen molar-refractivity contribution in [3.63, 3.8) is 0 Å². The van der Waals surface area contributed by atoms with E-state index in [1.165, 1.54) is 5.56 Å². The number of fused-ring (bicyclic) bond motifs is 1. The van der Waals surface area contributed by atoms with E-state index in [0.717, 1.165) is 29.0 Å². The maximum atomic E-state index is 5.16. The van der Waals surface area contributed by atoms with Gasteiger partial charge in [0, 0.05) is 6.54 Å². The summed E-state index contributed by atoms with van der Waals surface area (Å²) >= 11 is 0. The van der Waals surface area contributed by atoms with E-state index < -0.39 is 0 Å². The van der Waals surface area contributed by atoms with Gasteiger partial charge in [-0.1, -0.05) is 12.0 Å². The summed E-state index contributed by atoms with van der Waals surface area (Å²) in [4.78, 5) is 13.5. The summed E-state index contributed by atoms with van der Waals surface area (Å²) in [6.45, 7) is 6.02. The molecule has 0 saturated carbocycles. The molecule has 0 spiro atoms. The molecule has 2 rings (SSSR count). The first-order valence-electron chi connectivity index (χ1n) is 6.59. The van der Waals surface area contributed by atoms with Crippen LogP contribution in [-0.2, 0) is 0 Å². The first kappa shape index (κ1) is 14.2. The van der Waals surface area contributed by atoms with E-state index in [2.05, 4.69) is 26.2 Å². The van der Waals surface area contributed by atoms with Gasteiger partial charge >= 0.3 is 0 Å². The van der Waals surface area contributed by atoms with E-state index in [-0.39, 0.29) is 0 Å². The summed E-state index contributed by atoms with van der Waals surface area (Å²) in [7, 11) is 0. The monoisotopic (exact) mass is 266 g/mol. The molecule has 4 heteroatoms. The van der Waals surface area contributed by atoms with Crippen molar-refractivity contribution in [2.45, 2.75) is 13.8 Å². The number of nitrogens with zero attached hydrogens (tertiary/aromatic N) is 3. The third kappa shape index (κ3) is 3.62. The van der Waals surface area contributed by atoms with Crippen molar-refractivity contribution in [1.29, 1.82) is 0 Å². The average Bonchev–Trinajstić information content (AvgIpc) is 2.46. The van der Waals surface area contributed by atoms with Crippen LogP contribution < -0.4 is 5.32 Å². The molecule has 1 aromatic carbocycles. The van der Waals surface area contributed by atoms with Crippen LogP contribution >= 0.6 is 0 Å². The third-order valence-electron chi connectivity index (χ3n) is 2.93. The molecule has 4 nitrogen and oxygen atoms in total. The van der Waals surface area contributed by atoms with Gasteiger partial charge in [0.15, 0.2) is 0 Å². The predicted molar refractivity (Wildman–Crippen MR) is 83.1 cm³/mol. The number of terminal acetylenes is 1. The zero-order valence-electron chi connectivity index (χ0n) is 11.8. The summed E-state index contributed by atoms with van der Waals surface area (Å²) in [5.74, 6) is 2.53. The van der Waals surface area contributed by atoms with Gasteiger partial charge in [-0.25, -0.2) is 4.98 Å². The molecular weight excluding hydrogens is 248 g/mol. The molecular formula is C16H18N4. The molecule has 1 N–H and O–H groups in total. The Morgan fingerprint density at radius 2 is 2.25 bits per heavy atom. The molecule has 0 atom stereocenters. The third-order valence-corrected chi connectivity index (χ3v) is 2.93. The normalized spacial score (nSPS) is 11.6. The van der Waals surface area contributed by atoms with Crippen molar-refractivity contribution < 1.29 is 0 Å². The van der Waals surface area contributed by atoms with E-state index in [1.807, 2.05) is 32.0 Å². The van der Waals surface area contributed by atoms with Crippen LogP contribution in [0, 0.1) is 19.3 Å². The topological polar surface area (TPSA) is 50.2 Å². The number of aliphatic imine (C=N–C) groups is 1. The second kappa shape index (κ2) is 6.78. The number of aryl methyl sites for hydroxylation is 1. The van der Waals surface area contributed by atoms with E-state index in [4.69, 9.17) is 6.42 Å². The molecule has 0 bridgehead atoms. The number of aromatic nitrogens is 2. The maximum absolute atomic E-state index is 5.16. The highest BCUT2D eigenvalue weighted by molar-refractivity contribution is 5.98. The Morgan fingerprint density at radius 1 is 1.40 bits per heavy atom. The van der Waals surface area contributed by atoms with E-state index in [9.17, 15) is 0 Å². The zero-order chi connectivity index (χ0) is 14.4. The number of nitrogens with one attached hydrogen (secondary N) is 1. The van der Waals surface area contributed by atoms with E-state index in [1.54, 1.807) is 6.20 Å². The van der Waals surface area contributed by atoms with Gasteiger partial charge in [0.25, 0.3) is 0 Å². The molecule has 102 valence electrons. The fourth-order valence-corrected chi connectivity index (χ4v) is 1.84. The first-order chi connectivity index (χ1) is 9.70. The lowest BCUT2D eigenvalue weighted by Gasteiger charge is -2.03. The number of hydrogen-bond acceptors (Lipinski definition) is 4. The minimum absolute atomic E-state index is 0.573. The van der Waals surface area contributed by atoms with Crippen LogP contribution in [0.4, 0.5) is 0 Å². The van der Waals surface area contributed by atoms with Crippen molar-refractivity contribution in [3.8, 4) is 12.3 Å². The fraction of sp³-hybridized carbons (Fsp3) is 0.312. The number of benzene rings is 1. The second-order valence-corrected chi connectivity index (χ2v) is 4.60. The lowest BCUT2D eigenvalue weighted by Crippen LogP contribution is -2.18. The largest absolute Gasteiger partial charge is 0.304 e. The second-order valence-electron chi connectivity index (χ2n) is 4.60. The number of hydrogen-bond donors (Lipinski definition) is 1. The first-order valence-corrected chi connectivity index (χ1v) is 6.59. The fourth-order valence-electron chi connectivity index (χ4n) is 1.84. The van der Waals surface area contributed by atoms with Gasteiger partial charge in [0.2, 0.25) is 0 Å². The molecule has 2 aromatic rings. The smallest absolute Gasteiger partial charge is 0.103 e. The van der Waals surface area contributed by atoms with Crippen molar-refractivity contribution in [2.24, 2.45) is 4.99 Å². The SMILES string of the molecule is C#CCNCCN=C(C)c1cnc2cc(C)ccc2n1. The Kier molecular flexibility index (Phi) is 4.80. The maximum Gasteiger partial charge on any atom is 0.103 e. The van der Waals surface area contributed by atoms with E-state index >= 15 is 0 Å². The van der Waals surface area contributed by atoms with Gasteiger partial charge in [-0.15, -0.1) is 6.42 Å². The molecule has 0 aliphatic carbocycles. The summed E-state index contributed by atoms with van der Waals surface area (Å²) in [5.41, 5.74) is 4.70. The molecule has 0 radical (unpaired) electrons. The average molecular weight is 266 g/mol. The van der Waals surface area contributed by atoms with Crippen LogP contribution in [0.25, 0.3) is 11.0 Å². The van der Waals surface area contributed by atoms with Crippen LogP contribution in [0.15, 0.2) is 29.4 Å². The Morgan fingerprint density at radius 3 is 3.05 bits per heavy atom. The molecule has 0 amide bonds. The Hall–Kier alpha value is -2.25. The van der Waals surface area contributed by atoms with Gasteiger partial charge < -0.3 is 5.32 Å². The molecule has 0 aliphatic rings. The van der Waals surface area contributed by atoms with E-state index in [0.29, 0.717) is 13.1 Å². The Labute approximate surface area is 119 Å². The lowest BCUT2D eigenvalue weighted by atomic mass is 10.2. The van der Waals surface area contributed by atoms with Crippen molar-refractivity contribution in [2.75, 3.05) is 19.6 Å². The van der Waals surface area contributed by atoms with Crippen molar-refractivity contribution in [3.05, 3.63) is 35.7 Å². The van der Waals surface area contributed by atoms with Crippen LogP contribution in [0.2, 0.25) is 0 Å². The molecule has 0 unspecified atom stereocenters. The molecule has 1 aromatic heterocycles. The van der Waals surface area contributed by atoms with Crippen LogP contribution in [0.5, 0.6) is 0 Å². The summed E-state index contributed by atoms with van der Waals surface area (Å²) in [5, 5.41) is 3.10. The minimum Gasteiger partial charge on any atom is -0.304 e. The Bertz CT molecular complexity index is 668. The lowest BCUT2D eigenvalue weighted by molar-refractivity contribution is 0.763. The van der Waals surface area contributed by atoms with Crippen LogP contribution in [0.1, 0.15) is 18.2 Å². The highest BCUT2D eigenvalue weighted by Gasteiger charge is 2.02. The van der Waals surface area contributed by atoms with Crippen LogP contribution in [0.3, 0.4) is 0 Å². The van der Waals surface area contributed by atoms with Gasteiger partial charge in [0.05, 0.1) is 36.0 Å². The summed E-state index contributed by atoms with van der Waals surface area (Å²) in [6, 6.07) is 6.06. The predicted octanol–water partition coefficient (Wildman–Crippen LogP) is 1.97. The quantitative estimate of drug-likeness (QED) is 0.511. The van der Waals surface area contributed by atoms with Crippen LogP contribution in [-0.4, -0.2) is 35.3 Å². The highest BCUT2D eigenvalue weighted by Crippen LogP contribution is 2.12.